The molecule has 1 unspecified atom stereocenters. The van der Waals surface area contributed by atoms with Crippen molar-refractivity contribution < 1.29 is 9.59 Å². The molecule has 0 bridgehead atoms. The quantitative estimate of drug-likeness (QED) is 0.900. The maximum atomic E-state index is 12.5. The van der Waals surface area contributed by atoms with Gasteiger partial charge in [-0.2, -0.15) is 0 Å². The predicted molar refractivity (Wildman–Crippen MR) is 86.1 cm³/mol. The van der Waals surface area contributed by atoms with E-state index in [4.69, 9.17) is 0 Å². The van der Waals surface area contributed by atoms with Crippen molar-refractivity contribution in [1.29, 1.82) is 0 Å². The highest BCUT2D eigenvalue weighted by Gasteiger charge is 2.32. The molecule has 23 heavy (non-hydrogen) atoms. The van der Waals surface area contributed by atoms with Crippen LogP contribution in [0.3, 0.4) is 0 Å². The summed E-state index contributed by atoms with van der Waals surface area (Å²) in [5, 5.41) is 3.11. The Morgan fingerprint density at radius 2 is 1.91 bits per heavy atom. The standard InChI is InChI=1S/C17H23N3O3/c1-19-10-13(6-7-15(19)21)17(23)20-9-8-12(11-20)16(22)18-14-4-2-3-5-14/h6-7,10,12,14H,2-5,8-9,11H2,1H3,(H,18,22). The minimum absolute atomic E-state index is 0.0765. The molecule has 2 heterocycles. The molecule has 124 valence electrons. The Hall–Kier alpha value is -2.11. The normalized spacial score (nSPS) is 21.6. The van der Waals surface area contributed by atoms with Crippen LogP contribution in [0, 0.1) is 5.92 Å². The van der Waals surface area contributed by atoms with E-state index in [1.807, 2.05) is 0 Å². The van der Waals surface area contributed by atoms with E-state index in [1.54, 1.807) is 24.2 Å². The number of nitrogens with zero attached hydrogens (tertiary/aromatic N) is 2. The van der Waals surface area contributed by atoms with Crippen LogP contribution in [0.2, 0.25) is 0 Å². The molecule has 0 radical (unpaired) electrons. The van der Waals surface area contributed by atoms with Crippen LogP contribution in [-0.4, -0.2) is 40.4 Å². The highest BCUT2D eigenvalue weighted by Crippen LogP contribution is 2.22. The first-order valence-corrected chi connectivity index (χ1v) is 8.31. The number of aromatic nitrogens is 1. The lowest BCUT2D eigenvalue weighted by atomic mass is 10.1. The molecule has 0 aromatic carbocycles. The van der Waals surface area contributed by atoms with Crippen LogP contribution in [0.1, 0.15) is 42.5 Å². The number of amides is 2. The van der Waals surface area contributed by atoms with E-state index in [1.165, 1.54) is 23.5 Å². The van der Waals surface area contributed by atoms with Crippen LogP contribution in [0.25, 0.3) is 0 Å². The lowest BCUT2D eigenvalue weighted by Gasteiger charge is -2.18. The van der Waals surface area contributed by atoms with Gasteiger partial charge in [0, 0.05) is 38.4 Å². The molecule has 0 spiro atoms. The fourth-order valence-corrected chi connectivity index (χ4v) is 3.45. The number of nitrogens with one attached hydrogen (secondary N) is 1. The summed E-state index contributed by atoms with van der Waals surface area (Å²) in [6.45, 7) is 1.05. The van der Waals surface area contributed by atoms with E-state index in [9.17, 15) is 14.4 Å². The topological polar surface area (TPSA) is 71.4 Å². The average molecular weight is 317 g/mol. The molecule has 2 amide bonds. The van der Waals surface area contributed by atoms with Crippen molar-refractivity contribution in [1.82, 2.24) is 14.8 Å². The van der Waals surface area contributed by atoms with Crippen molar-refractivity contribution in [2.75, 3.05) is 13.1 Å². The Bertz CT molecular complexity index is 661. The zero-order chi connectivity index (χ0) is 16.4. The number of pyridine rings is 1. The number of hydrogen-bond acceptors (Lipinski definition) is 3. The zero-order valence-corrected chi connectivity index (χ0v) is 13.5. The van der Waals surface area contributed by atoms with Crippen LogP contribution in [0.5, 0.6) is 0 Å². The van der Waals surface area contributed by atoms with Crippen LogP contribution < -0.4 is 10.9 Å². The van der Waals surface area contributed by atoms with Gasteiger partial charge in [-0.05, 0) is 25.3 Å². The van der Waals surface area contributed by atoms with Gasteiger partial charge in [0.1, 0.15) is 0 Å². The fraction of sp³-hybridized carbons (Fsp3) is 0.588. The van der Waals surface area contributed by atoms with Gasteiger partial charge in [-0.15, -0.1) is 0 Å². The maximum absolute atomic E-state index is 12.5. The van der Waals surface area contributed by atoms with Gasteiger partial charge < -0.3 is 14.8 Å². The minimum atomic E-state index is -0.142. The van der Waals surface area contributed by atoms with Gasteiger partial charge in [-0.3, -0.25) is 14.4 Å². The molecule has 1 atom stereocenters. The smallest absolute Gasteiger partial charge is 0.255 e. The maximum Gasteiger partial charge on any atom is 0.255 e. The second kappa shape index (κ2) is 6.56. The van der Waals surface area contributed by atoms with Crippen LogP contribution in [0.15, 0.2) is 23.1 Å². The number of carbonyl (C=O) groups is 2. The van der Waals surface area contributed by atoms with Gasteiger partial charge in [0.05, 0.1) is 11.5 Å². The molecule has 1 saturated carbocycles. The summed E-state index contributed by atoms with van der Waals surface area (Å²) in [6.07, 6.45) is 6.77. The predicted octanol–water partition coefficient (Wildman–Crippen LogP) is 0.906. The molecule has 2 aliphatic rings. The van der Waals surface area contributed by atoms with E-state index in [0.29, 0.717) is 31.1 Å². The first-order valence-electron chi connectivity index (χ1n) is 8.31. The third-order valence-electron chi connectivity index (χ3n) is 4.88. The van der Waals surface area contributed by atoms with Gasteiger partial charge in [-0.1, -0.05) is 12.8 Å². The Labute approximate surface area is 135 Å². The number of aryl methyl sites for hydroxylation is 1. The zero-order valence-electron chi connectivity index (χ0n) is 13.5. The molecule has 3 rings (SSSR count). The van der Waals surface area contributed by atoms with E-state index in [0.717, 1.165) is 12.8 Å². The molecule has 1 aromatic rings. The molecule has 6 heteroatoms. The van der Waals surface area contributed by atoms with Gasteiger partial charge in [0.2, 0.25) is 11.5 Å². The van der Waals surface area contributed by atoms with Crippen molar-refractivity contribution in [3.63, 3.8) is 0 Å². The van der Waals surface area contributed by atoms with Gasteiger partial charge in [0.25, 0.3) is 5.91 Å². The molecular weight excluding hydrogens is 294 g/mol. The lowest BCUT2D eigenvalue weighted by molar-refractivity contribution is -0.125. The van der Waals surface area contributed by atoms with Crippen molar-refractivity contribution in [2.45, 2.75) is 38.1 Å². The van der Waals surface area contributed by atoms with Crippen LogP contribution in [-0.2, 0) is 11.8 Å². The molecule has 2 fully saturated rings. The Morgan fingerprint density at radius 3 is 2.61 bits per heavy atom. The second-order valence-corrected chi connectivity index (χ2v) is 6.59. The number of carbonyl (C=O) groups excluding carboxylic acids is 2. The third kappa shape index (κ3) is 3.46. The van der Waals surface area contributed by atoms with E-state index < -0.39 is 0 Å². The Kier molecular flexibility index (Phi) is 4.50. The minimum Gasteiger partial charge on any atom is -0.353 e. The van der Waals surface area contributed by atoms with Crippen molar-refractivity contribution in [3.8, 4) is 0 Å². The summed E-state index contributed by atoms with van der Waals surface area (Å²) in [7, 11) is 1.63. The summed E-state index contributed by atoms with van der Waals surface area (Å²) in [5.41, 5.74) is 0.348. The summed E-state index contributed by atoms with van der Waals surface area (Å²) in [6, 6.07) is 3.26. The van der Waals surface area contributed by atoms with Crippen LogP contribution in [0.4, 0.5) is 0 Å². The SMILES string of the molecule is Cn1cc(C(=O)N2CCC(C(=O)NC3CCCC3)C2)ccc1=O. The highest BCUT2D eigenvalue weighted by molar-refractivity contribution is 5.94. The van der Waals surface area contributed by atoms with E-state index >= 15 is 0 Å². The van der Waals surface area contributed by atoms with Crippen LogP contribution >= 0.6 is 0 Å². The summed E-state index contributed by atoms with van der Waals surface area (Å²) in [5.74, 6) is -0.156. The second-order valence-electron chi connectivity index (χ2n) is 6.59. The molecule has 1 saturated heterocycles. The summed E-state index contributed by atoms with van der Waals surface area (Å²) in [4.78, 5) is 37.9. The first kappa shape index (κ1) is 15.8. The van der Waals surface area contributed by atoms with Crippen molar-refractivity contribution >= 4 is 11.8 Å². The van der Waals surface area contributed by atoms with Gasteiger partial charge in [-0.25, -0.2) is 0 Å². The van der Waals surface area contributed by atoms with Gasteiger partial charge >= 0.3 is 0 Å². The molecule has 1 aliphatic heterocycles. The van der Waals surface area contributed by atoms with E-state index in [-0.39, 0.29) is 23.3 Å². The Balaban J connectivity index is 1.60. The third-order valence-corrected chi connectivity index (χ3v) is 4.88. The summed E-state index contributed by atoms with van der Waals surface area (Å²) < 4.78 is 1.40. The largest absolute Gasteiger partial charge is 0.353 e. The number of hydrogen-bond donors (Lipinski definition) is 1. The van der Waals surface area contributed by atoms with E-state index in [2.05, 4.69) is 5.32 Å². The number of rotatable bonds is 3. The lowest BCUT2D eigenvalue weighted by Crippen LogP contribution is -2.39. The monoisotopic (exact) mass is 317 g/mol. The Morgan fingerprint density at radius 1 is 1.17 bits per heavy atom. The molecule has 1 aromatic heterocycles. The molecular formula is C17H23N3O3. The number of likely N-dealkylation sites (tertiary alicyclic amines) is 1. The van der Waals surface area contributed by atoms with Gasteiger partial charge in [0.15, 0.2) is 0 Å². The van der Waals surface area contributed by atoms with Crippen molar-refractivity contribution in [2.24, 2.45) is 13.0 Å². The fourth-order valence-electron chi connectivity index (χ4n) is 3.45. The van der Waals surface area contributed by atoms with Crippen molar-refractivity contribution in [3.05, 3.63) is 34.2 Å². The first-order chi connectivity index (χ1) is 11.0. The molecule has 6 nitrogen and oxygen atoms in total. The average Bonchev–Trinajstić information content (AvgIpc) is 3.20. The molecule has 1 aliphatic carbocycles. The summed E-state index contributed by atoms with van der Waals surface area (Å²) >= 11 is 0. The molecule has 1 N–H and O–H groups in total. The highest BCUT2D eigenvalue weighted by atomic mass is 16.2.